The second-order valence-electron chi connectivity index (χ2n) is 5.71. The summed E-state index contributed by atoms with van der Waals surface area (Å²) in [5.41, 5.74) is 2.40. The minimum Gasteiger partial charge on any atom is -0.308 e. The number of thiophene rings is 1. The van der Waals surface area contributed by atoms with Gasteiger partial charge < -0.3 is 5.32 Å². The molecule has 0 aliphatic rings. The van der Waals surface area contributed by atoms with Crippen LogP contribution in [0.4, 0.5) is 0 Å². The fourth-order valence-electron chi connectivity index (χ4n) is 2.58. The highest BCUT2D eigenvalue weighted by Crippen LogP contribution is 2.23. The molecule has 2 aromatic rings. The van der Waals surface area contributed by atoms with Crippen molar-refractivity contribution >= 4 is 21.6 Å². The summed E-state index contributed by atoms with van der Waals surface area (Å²) in [6, 6.07) is 5.29. The van der Waals surface area contributed by atoms with Crippen LogP contribution in [0.25, 0.3) is 10.2 Å². The minimum atomic E-state index is 0.371. The summed E-state index contributed by atoms with van der Waals surface area (Å²) >= 11 is 1.77. The van der Waals surface area contributed by atoms with Crippen molar-refractivity contribution in [3.05, 3.63) is 29.3 Å². The Kier molecular flexibility index (Phi) is 5.99. The molecule has 2 nitrogen and oxygen atoms in total. The normalized spacial score (nSPS) is 14.6. The number of pyridine rings is 1. The van der Waals surface area contributed by atoms with E-state index >= 15 is 0 Å². The summed E-state index contributed by atoms with van der Waals surface area (Å²) in [4.78, 5) is 4.53. The summed E-state index contributed by atoms with van der Waals surface area (Å²) in [7, 11) is 0. The van der Waals surface area contributed by atoms with Crippen LogP contribution in [0.1, 0.15) is 64.5 Å². The van der Waals surface area contributed by atoms with Crippen molar-refractivity contribution in [3.63, 3.8) is 0 Å². The smallest absolute Gasteiger partial charge is 0.0809 e. The number of hydrogen-bond acceptors (Lipinski definition) is 3. The van der Waals surface area contributed by atoms with Crippen LogP contribution in [0.5, 0.6) is 0 Å². The van der Waals surface area contributed by atoms with E-state index in [1.807, 2.05) is 6.20 Å². The molecule has 20 heavy (non-hydrogen) atoms. The van der Waals surface area contributed by atoms with Crippen molar-refractivity contribution in [1.29, 1.82) is 0 Å². The lowest BCUT2D eigenvalue weighted by molar-refractivity contribution is 0.437. The molecular formula is C17H26N2S. The van der Waals surface area contributed by atoms with Crippen molar-refractivity contribution in [2.24, 2.45) is 0 Å². The predicted octanol–water partition coefficient (Wildman–Crippen LogP) is 5.31. The highest BCUT2D eigenvalue weighted by Gasteiger charge is 2.10. The topological polar surface area (TPSA) is 24.9 Å². The van der Waals surface area contributed by atoms with E-state index < -0.39 is 0 Å². The minimum absolute atomic E-state index is 0.371. The molecule has 3 heteroatoms. The van der Waals surface area contributed by atoms with E-state index in [4.69, 9.17) is 0 Å². The molecule has 0 spiro atoms. The number of fused-ring (bicyclic) bond motifs is 1. The van der Waals surface area contributed by atoms with Gasteiger partial charge in [-0.25, -0.2) is 0 Å². The van der Waals surface area contributed by atoms with Gasteiger partial charge in [-0.1, -0.05) is 32.6 Å². The van der Waals surface area contributed by atoms with E-state index in [9.17, 15) is 0 Å². The van der Waals surface area contributed by atoms with Crippen molar-refractivity contribution in [1.82, 2.24) is 10.3 Å². The first-order valence-electron chi connectivity index (χ1n) is 7.80. The Hall–Kier alpha value is -0.930. The summed E-state index contributed by atoms with van der Waals surface area (Å²) in [5.74, 6) is 0. The van der Waals surface area contributed by atoms with Gasteiger partial charge in [0.15, 0.2) is 0 Å². The summed E-state index contributed by atoms with van der Waals surface area (Å²) in [6.07, 6.45) is 8.64. The van der Waals surface area contributed by atoms with E-state index in [1.54, 1.807) is 11.3 Å². The first-order valence-corrected chi connectivity index (χ1v) is 8.68. The van der Waals surface area contributed by atoms with Gasteiger partial charge in [-0.2, -0.15) is 0 Å². The van der Waals surface area contributed by atoms with E-state index in [0.717, 1.165) is 5.52 Å². The third-order valence-corrected chi connectivity index (χ3v) is 4.70. The van der Waals surface area contributed by atoms with Crippen LogP contribution < -0.4 is 5.32 Å². The fraction of sp³-hybridized carbons (Fsp3) is 0.588. The molecule has 2 aromatic heterocycles. The van der Waals surface area contributed by atoms with Crippen LogP contribution in [0.3, 0.4) is 0 Å². The molecule has 0 radical (unpaired) electrons. The number of rotatable bonds is 8. The van der Waals surface area contributed by atoms with E-state index in [1.165, 1.54) is 42.4 Å². The second-order valence-corrected chi connectivity index (χ2v) is 6.66. The first kappa shape index (κ1) is 15.5. The molecule has 2 heterocycles. The van der Waals surface area contributed by atoms with Crippen molar-refractivity contribution < 1.29 is 0 Å². The van der Waals surface area contributed by atoms with Crippen LogP contribution in [0, 0.1) is 0 Å². The molecule has 2 rings (SSSR count). The van der Waals surface area contributed by atoms with Crippen molar-refractivity contribution in [2.75, 3.05) is 0 Å². The lowest BCUT2D eigenvalue weighted by Crippen LogP contribution is -2.28. The van der Waals surface area contributed by atoms with Crippen LogP contribution in [0.15, 0.2) is 23.7 Å². The monoisotopic (exact) mass is 290 g/mol. The molecule has 2 atom stereocenters. The number of nitrogens with zero attached hydrogens (tertiary/aromatic N) is 1. The second kappa shape index (κ2) is 7.75. The number of nitrogens with one attached hydrogen (secondary N) is 1. The number of aromatic nitrogens is 1. The average Bonchev–Trinajstić information content (AvgIpc) is 2.90. The Bertz CT molecular complexity index is 520. The van der Waals surface area contributed by atoms with Crippen molar-refractivity contribution in [2.45, 2.75) is 65.0 Å². The number of hydrogen-bond donors (Lipinski definition) is 1. The van der Waals surface area contributed by atoms with Gasteiger partial charge in [0.2, 0.25) is 0 Å². The molecule has 110 valence electrons. The lowest BCUT2D eigenvalue weighted by Gasteiger charge is -2.20. The maximum atomic E-state index is 4.53. The Morgan fingerprint density at radius 2 is 2.10 bits per heavy atom. The van der Waals surface area contributed by atoms with Crippen molar-refractivity contribution in [3.8, 4) is 0 Å². The van der Waals surface area contributed by atoms with Crippen LogP contribution >= 0.6 is 11.3 Å². The Morgan fingerprint density at radius 3 is 2.90 bits per heavy atom. The molecule has 0 saturated heterocycles. The summed E-state index contributed by atoms with van der Waals surface area (Å²) in [6.45, 7) is 6.79. The van der Waals surface area contributed by atoms with Gasteiger partial charge in [0.05, 0.1) is 10.2 Å². The highest BCUT2D eigenvalue weighted by molar-refractivity contribution is 7.17. The molecule has 1 N–H and O–H groups in total. The quantitative estimate of drug-likeness (QED) is 0.667. The van der Waals surface area contributed by atoms with E-state index in [0.29, 0.717) is 12.1 Å². The van der Waals surface area contributed by atoms with Gasteiger partial charge in [0, 0.05) is 18.3 Å². The zero-order valence-corrected chi connectivity index (χ0v) is 13.7. The fourth-order valence-corrected chi connectivity index (χ4v) is 3.37. The Labute approximate surface area is 126 Å². The van der Waals surface area contributed by atoms with Gasteiger partial charge in [-0.3, -0.25) is 4.98 Å². The van der Waals surface area contributed by atoms with Gasteiger partial charge in [0.25, 0.3) is 0 Å². The van der Waals surface area contributed by atoms with Crippen LogP contribution in [0.2, 0.25) is 0 Å². The standard InChI is InChI=1S/C17H26N2S/c1-4-5-6-7-8-13(2)19-14(3)15-11-17-16(18-12-15)9-10-20-17/h9-14,19H,4-8H2,1-3H3. The van der Waals surface area contributed by atoms with Crippen LogP contribution in [-0.2, 0) is 0 Å². The summed E-state index contributed by atoms with van der Waals surface area (Å²) < 4.78 is 1.28. The highest BCUT2D eigenvalue weighted by atomic mass is 32.1. The molecule has 0 amide bonds. The first-order chi connectivity index (χ1) is 9.70. The van der Waals surface area contributed by atoms with E-state index in [2.05, 4.69) is 48.6 Å². The van der Waals surface area contributed by atoms with Gasteiger partial charge >= 0.3 is 0 Å². The third kappa shape index (κ3) is 4.29. The van der Waals surface area contributed by atoms with Crippen LogP contribution in [-0.4, -0.2) is 11.0 Å². The SMILES string of the molecule is CCCCCCC(C)NC(C)c1cnc2ccsc2c1. The van der Waals surface area contributed by atoms with E-state index in [-0.39, 0.29) is 0 Å². The predicted molar refractivity (Wildman–Crippen MR) is 89.4 cm³/mol. The molecular weight excluding hydrogens is 264 g/mol. The van der Waals surface area contributed by atoms with Gasteiger partial charge in [-0.05, 0) is 43.3 Å². The maximum Gasteiger partial charge on any atom is 0.0809 e. The molecule has 0 aliphatic carbocycles. The Morgan fingerprint density at radius 1 is 1.25 bits per heavy atom. The molecule has 2 unspecified atom stereocenters. The zero-order valence-electron chi connectivity index (χ0n) is 12.9. The molecule has 0 bridgehead atoms. The number of unbranched alkanes of at least 4 members (excludes halogenated alkanes) is 3. The zero-order chi connectivity index (χ0) is 14.4. The van der Waals surface area contributed by atoms with Gasteiger partial charge in [-0.15, -0.1) is 11.3 Å². The largest absolute Gasteiger partial charge is 0.308 e. The molecule has 0 aromatic carbocycles. The molecule has 0 saturated carbocycles. The Balaban J connectivity index is 1.85. The third-order valence-electron chi connectivity index (χ3n) is 3.85. The average molecular weight is 290 g/mol. The summed E-state index contributed by atoms with van der Waals surface area (Å²) in [5, 5.41) is 5.80. The molecule has 0 aliphatic heterocycles. The maximum absolute atomic E-state index is 4.53. The van der Waals surface area contributed by atoms with Gasteiger partial charge in [0.1, 0.15) is 0 Å². The lowest BCUT2D eigenvalue weighted by atomic mass is 10.1. The molecule has 0 fully saturated rings.